The van der Waals surface area contributed by atoms with Gasteiger partial charge in [0.25, 0.3) is 0 Å². The average Bonchev–Trinajstić information content (AvgIpc) is 2.77. The lowest BCUT2D eigenvalue weighted by Crippen LogP contribution is -2.09. The minimum absolute atomic E-state index is 0.147. The molecule has 0 aromatic carbocycles. The van der Waals surface area contributed by atoms with Crippen molar-refractivity contribution in [3.05, 3.63) is 28.7 Å². The van der Waals surface area contributed by atoms with E-state index in [4.69, 9.17) is 23.2 Å². The molecule has 8 heteroatoms. The van der Waals surface area contributed by atoms with Crippen molar-refractivity contribution in [2.24, 2.45) is 0 Å². The SMILES string of the molecule is CCn1cnnc1CNc1nc(Cl)ncc1Cl. The molecule has 0 saturated heterocycles. The summed E-state index contributed by atoms with van der Waals surface area (Å²) < 4.78 is 1.92. The predicted octanol–water partition coefficient (Wildman–Crippen LogP) is 2.01. The molecule has 0 aliphatic carbocycles. The normalized spacial score (nSPS) is 10.5. The van der Waals surface area contributed by atoms with Gasteiger partial charge in [0.2, 0.25) is 5.28 Å². The molecule has 6 nitrogen and oxygen atoms in total. The molecular weight excluding hydrogens is 263 g/mol. The molecule has 1 N–H and O–H groups in total. The molecule has 0 aliphatic heterocycles. The van der Waals surface area contributed by atoms with E-state index in [1.54, 1.807) is 6.33 Å². The minimum Gasteiger partial charge on any atom is -0.361 e. The Kier molecular flexibility index (Phi) is 3.75. The first-order valence-electron chi connectivity index (χ1n) is 4.99. The van der Waals surface area contributed by atoms with E-state index in [9.17, 15) is 0 Å². The van der Waals surface area contributed by atoms with Crippen LogP contribution in [0.15, 0.2) is 12.5 Å². The number of aromatic nitrogens is 5. The van der Waals surface area contributed by atoms with Crippen molar-refractivity contribution >= 4 is 29.0 Å². The highest BCUT2D eigenvalue weighted by molar-refractivity contribution is 6.33. The highest BCUT2D eigenvalue weighted by atomic mass is 35.5. The monoisotopic (exact) mass is 272 g/mol. The number of anilines is 1. The number of aryl methyl sites for hydroxylation is 1. The van der Waals surface area contributed by atoms with Gasteiger partial charge in [-0.1, -0.05) is 11.6 Å². The molecule has 90 valence electrons. The Balaban J connectivity index is 2.09. The van der Waals surface area contributed by atoms with E-state index in [0.29, 0.717) is 17.4 Å². The summed E-state index contributed by atoms with van der Waals surface area (Å²) in [6.07, 6.45) is 3.12. The Morgan fingerprint density at radius 2 is 2.24 bits per heavy atom. The summed E-state index contributed by atoms with van der Waals surface area (Å²) in [7, 11) is 0. The molecule has 0 bridgehead atoms. The second-order valence-corrected chi connectivity index (χ2v) is 3.97. The van der Waals surface area contributed by atoms with Gasteiger partial charge in [-0.25, -0.2) is 4.98 Å². The van der Waals surface area contributed by atoms with Gasteiger partial charge in [-0.3, -0.25) is 0 Å². The van der Waals surface area contributed by atoms with E-state index in [2.05, 4.69) is 25.5 Å². The predicted molar refractivity (Wildman–Crippen MR) is 65.1 cm³/mol. The number of nitrogens with zero attached hydrogens (tertiary/aromatic N) is 5. The lowest BCUT2D eigenvalue weighted by atomic mass is 10.5. The van der Waals surface area contributed by atoms with E-state index < -0.39 is 0 Å². The lowest BCUT2D eigenvalue weighted by Gasteiger charge is -2.07. The van der Waals surface area contributed by atoms with E-state index in [-0.39, 0.29) is 5.28 Å². The highest BCUT2D eigenvalue weighted by Gasteiger charge is 2.06. The zero-order chi connectivity index (χ0) is 12.3. The standard InChI is InChI=1S/C9H10Cl2N6/c1-2-17-5-14-16-7(17)4-12-8-6(10)3-13-9(11)15-8/h3,5H,2,4H2,1H3,(H,12,13,15). The molecule has 0 unspecified atom stereocenters. The smallest absolute Gasteiger partial charge is 0.224 e. The molecular formula is C9H10Cl2N6. The van der Waals surface area contributed by atoms with E-state index in [1.807, 2.05) is 11.5 Å². The first kappa shape index (κ1) is 12.1. The molecule has 2 heterocycles. The van der Waals surface area contributed by atoms with E-state index in [1.165, 1.54) is 6.20 Å². The maximum absolute atomic E-state index is 5.92. The molecule has 0 spiro atoms. The third-order valence-electron chi connectivity index (χ3n) is 2.17. The van der Waals surface area contributed by atoms with Gasteiger partial charge < -0.3 is 9.88 Å². The quantitative estimate of drug-likeness (QED) is 0.863. The number of nitrogens with one attached hydrogen (secondary N) is 1. The van der Waals surface area contributed by atoms with Gasteiger partial charge in [-0.2, -0.15) is 4.98 Å². The Morgan fingerprint density at radius 1 is 1.41 bits per heavy atom. The van der Waals surface area contributed by atoms with Gasteiger partial charge in [-0.15, -0.1) is 10.2 Å². The molecule has 17 heavy (non-hydrogen) atoms. The summed E-state index contributed by atoms with van der Waals surface area (Å²) in [5, 5.41) is 11.4. The first-order valence-corrected chi connectivity index (χ1v) is 5.75. The molecule has 0 atom stereocenters. The fourth-order valence-electron chi connectivity index (χ4n) is 1.31. The third-order valence-corrected chi connectivity index (χ3v) is 2.62. The lowest BCUT2D eigenvalue weighted by molar-refractivity contribution is 0.707. The van der Waals surface area contributed by atoms with Crippen molar-refractivity contribution in [2.75, 3.05) is 5.32 Å². The topological polar surface area (TPSA) is 68.5 Å². The van der Waals surface area contributed by atoms with Crippen molar-refractivity contribution in [3.8, 4) is 0 Å². The Labute approximate surface area is 108 Å². The molecule has 2 aromatic rings. The summed E-state index contributed by atoms with van der Waals surface area (Å²) in [6, 6.07) is 0. The van der Waals surface area contributed by atoms with Crippen molar-refractivity contribution in [1.29, 1.82) is 0 Å². The van der Waals surface area contributed by atoms with E-state index in [0.717, 1.165) is 12.4 Å². The van der Waals surface area contributed by atoms with Crippen molar-refractivity contribution in [3.63, 3.8) is 0 Å². The van der Waals surface area contributed by atoms with E-state index >= 15 is 0 Å². The molecule has 0 radical (unpaired) electrons. The number of rotatable bonds is 4. The fourth-order valence-corrected chi connectivity index (χ4v) is 1.60. The number of hydrogen-bond acceptors (Lipinski definition) is 5. The van der Waals surface area contributed by atoms with Crippen LogP contribution in [0.3, 0.4) is 0 Å². The summed E-state index contributed by atoms with van der Waals surface area (Å²) >= 11 is 11.6. The largest absolute Gasteiger partial charge is 0.361 e. The molecule has 2 rings (SSSR count). The Morgan fingerprint density at radius 3 is 3.00 bits per heavy atom. The summed E-state index contributed by atoms with van der Waals surface area (Å²) in [5.74, 6) is 1.29. The second-order valence-electron chi connectivity index (χ2n) is 3.22. The van der Waals surface area contributed by atoms with Gasteiger partial charge in [0.05, 0.1) is 12.7 Å². The highest BCUT2D eigenvalue weighted by Crippen LogP contribution is 2.19. The van der Waals surface area contributed by atoms with Gasteiger partial charge in [0.1, 0.15) is 17.2 Å². The van der Waals surface area contributed by atoms with Crippen molar-refractivity contribution in [1.82, 2.24) is 24.7 Å². The number of hydrogen-bond donors (Lipinski definition) is 1. The zero-order valence-corrected chi connectivity index (χ0v) is 10.6. The first-order chi connectivity index (χ1) is 8.20. The minimum atomic E-state index is 0.147. The Bertz CT molecular complexity index is 512. The number of halogens is 2. The van der Waals surface area contributed by atoms with Crippen LogP contribution in [0.2, 0.25) is 10.3 Å². The van der Waals surface area contributed by atoms with Crippen LogP contribution in [0.4, 0.5) is 5.82 Å². The Hall–Kier alpha value is -1.40. The zero-order valence-electron chi connectivity index (χ0n) is 9.06. The van der Waals surface area contributed by atoms with Crippen LogP contribution in [0, 0.1) is 0 Å². The third kappa shape index (κ3) is 2.83. The van der Waals surface area contributed by atoms with Crippen LogP contribution in [0.1, 0.15) is 12.7 Å². The summed E-state index contributed by atoms with van der Waals surface area (Å²) in [4.78, 5) is 7.75. The van der Waals surface area contributed by atoms with Gasteiger partial charge >= 0.3 is 0 Å². The molecule has 0 aliphatic rings. The van der Waals surface area contributed by atoms with Gasteiger partial charge in [-0.05, 0) is 18.5 Å². The summed E-state index contributed by atoms with van der Waals surface area (Å²) in [6.45, 7) is 3.30. The van der Waals surface area contributed by atoms with Crippen LogP contribution in [0.25, 0.3) is 0 Å². The van der Waals surface area contributed by atoms with Crippen molar-refractivity contribution in [2.45, 2.75) is 20.0 Å². The van der Waals surface area contributed by atoms with Crippen LogP contribution in [0.5, 0.6) is 0 Å². The molecule has 0 saturated carbocycles. The van der Waals surface area contributed by atoms with Crippen LogP contribution in [-0.4, -0.2) is 24.7 Å². The van der Waals surface area contributed by atoms with Crippen LogP contribution in [-0.2, 0) is 13.1 Å². The van der Waals surface area contributed by atoms with Gasteiger partial charge in [0, 0.05) is 6.54 Å². The maximum Gasteiger partial charge on any atom is 0.224 e. The van der Waals surface area contributed by atoms with Crippen LogP contribution < -0.4 is 5.32 Å². The van der Waals surface area contributed by atoms with Gasteiger partial charge in [0.15, 0.2) is 5.82 Å². The fraction of sp³-hybridized carbons (Fsp3) is 0.333. The molecule has 2 aromatic heterocycles. The average molecular weight is 273 g/mol. The summed E-state index contributed by atoms with van der Waals surface area (Å²) in [5.41, 5.74) is 0. The van der Waals surface area contributed by atoms with Crippen molar-refractivity contribution < 1.29 is 0 Å². The molecule has 0 amide bonds. The van der Waals surface area contributed by atoms with Crippen LogP contribution >= 0.6 is 23.2 Å². The molecule has 0 fully saturated rings. The second kappa shape index (κ2) is 5.29. The maximum atomic E-state index is 5.92.